The molecule has 0 saturated heterocycles. The van der Waals surface area contributed by atoms with Crippen molar-refractivity contribution in [1.82, 2.24) is 0 Å². The first kappa shape index (κ1) is 19.2. The van der Waals surface area contributed by atoms with Gasteiger partial charge in [-0.2, -0.15) is 0 Å². The van der Waals surface area contributed by atoms with Crippen LogP contribution in [-0.4, -0.2) is 28.9 Å². The Kier molecular flexibility index (Phi) is 6.11. The Morgan fingerprint density at radius 3 is 1.96 bits per heavy atom. The summed E-state index contributed by atoms with van der Waals surface area (Å²) in [6.07, 6.45) is -0.965. The van der Waals surface area contributed by atoms with Crippen LogP contribution in [0.15, 0.2) is 48.5 Å². The molecule has 0 heterocycles. The summed E-state index contributed by atoms with van der Waals surface area (Å²) in [5.74, 6) is -1.21. The number of amides is 1. The number of nitrogens with one attached hydrogen (secondary N) is 1. The second kappa shape index (κ2) is 8.29. The second-order valence-electron chi connectivity index (χ2n) is 6.18. The highest BCUT2D eigenvalue weighted by atomic mass is 16.5. The summed E-state index contributed by atoms with van der Waals surface area (Å²) in [4.78, 5) is 36.1. The number of benzene rings is 2. The third-order valence-corrected chi connectivity index (χ3v) is 3.72. The molecule has 0 aliphatic rings. The van der Waals surface area contributed by atoms with Gasteiger partial charge in [0.1, 0.15) is 5.75 Å². The number of hydrogen-bond donors (Lipinski definition) is 2. The molecule has 136 valence electrons. The lowest BCUT2D eigenvalue weighted by Gasteiger charge is -2.13. The number of aromatic hydroxyl groups is 1. The topological polar surface area (TPSA) is 92.7 Å². The van der Waals surface area contributed by atoms with Crippen LogP contribution < -0.4 is 5.32 Å². The molecule has 0 aliphatic carbocycles. The summed E-state index contributed by atoms with van der Waals surface area (Å²) in [5.41, 5.74) is 1.21. The van der Waals surface area contributed by atoms with Gasteiger partial charge in [-0.25, -0.2) is 4.79 Å². The van der Waals surface area contributed by atoms with Crippen LogP contribution in [0.25, 0.3) is 0 Å². The molecule has 2 N–H and O–H groups in total. The monoisotopic (exact) mass is 355 g/mol. The Bertz CT molecular complexity index is 794. The summed E-state index contributed by atoms with van der Waals surface area (Å²) in [5, 5.41) is 12.0. The standard InChI is InChI=1S/C20H21NO5/c1-12(2)19(24)21-16-8-4-14(5-9-16)18(23)13(3)26-20(25)15-6-10-17(22)11-7-15/h4-13,22H,1-3H3,(H,21,24). The maximum absolute atomic E-state index is 12.4. The molecule has 0 radical (unpaired) electrons. The lowest BCUT2D eigenvalue weighted by atomic mass is 10.1. The van der Waals surface area contributed by atoms with Crippen molar-refractivity contribution >= 4 is 23.3 Å². The van der Waals surface area contributed by atoms with Gasteiger partial charge in [0.25, 0.3) is 0 Å². The molecule has 1 amide bonds. The number of Topliss-reactive ketones (excluding diaryl/α,β-unsaturated/α-hetero) is 1. The predicted molar refractivity (Wildman–Crippen MR) is 97.2 cm³/mol. The van der Waals surface area contributed by atoms with Crippen molar-refractivity contribution in [3.8, 4) is 5.75 Å². The van der Waals surface area contributed by atoms with Crippen LogP contribution in [0, 0.1) is 5.92 Å². The van der Waals surface area contributed by atoms with Crippen LogP contribution in [0.1, 0.15) is 41.5 Å². The number of carbonyl (C=O) groups is 3. The van der Waals surface area contributed by atoms with Crippen LogP contribution in [0.2, 0.25) is 0 Å². The molecular formula is C20H21NO5. The quantitative estimate of drug-likeness (QED) is 0.612. The highest BCUT2D eigenvalue weighted by molar-refractivity contribution is 6.02. The number of ketones is 1. The summed E-state index contributed by atoms with van der Waals surface area (Å²) in [6, 6.07) is 12.0. The third-order valence-electron chi connectivity index (χ3n) is 3.72. The molecule has 0 spiro atoms. The van der Waals surface area contributed by atoms with Crippen molar-refractivity contribution in [3.63, 3.8) is 0 Å². The van der Waals surface area contributed by atoms with E-state index in [1.807, 2.05) is 0 Å². The van der Waals surface area contributed by atoms with Gasteiger partial charge in [-0.3, -0.25) is 9.59 Å². The van der Waals surface area contributed by atoms with Gasteiger partial charge in [-0.1, -0.05) is 13.8 Å². The number of anilines is 1. The predicted octanol–water partition coefficient (Wildman–Crippen LogP) is 3.41. The molecular weight excluding hydrogens is 334 g/mol. The Morgan fingerprint density at radius 2 is 1.42 bits per heavy atom. The van der Waals surface area contributed by atoms with Crippen molar-refractivity contribution in [3.05, 3.63) is 59.7 Å². The number of phenolic OH excluding ortho intramolecular Hbond substituents is 1. The maximum Gasteiger partial charge on any atom is 0.338 e. The molecule has 0 aliphatic heterocycles. The van der Waals surface area contributed by atoms with E-state index in [4.69, 9.17) is 4.74 Å². The summed E-state index contributed by atoms with van der Waals surface area (Å²) in [7, 11) is 0. The Labute approximate surface area is 151 Å². The normalized spacial score (nSPS) is 11.7. The lowest BCUT2D eigenvalue weighted by Crippen LogP contribution is -2.24. The van der Waals surface area contributed by atoms with E-state index >= 15 is 0 Å². The number of esters is 1. The van der Waals surface area contributed by atoms with Gasteiger partial charge in [0.2, 0.25) is 11.7 Å². The molecule has 26 heavy (non-hydrogen) atoms. The van der Waals surface area contributed by atoms with Crippen LogP contribution >= 0.6 is 0 Å². The van der Waals surface area contributed by atoms with Crippen molar-refractivity contribution in [2.75, 3.05) is 5.32 Å². The molecule has 1 unspecified atom stereocenters. The van der Waals surface area contributed by atoms with Crippen molar-refractivity contribution in [2.45, 2.75) is 26.9 Å². The molecule has 0 bridgehead atoms. The zero-order chi connectivity index (χ0) is 19.3. The third kappa shape index (κ3) is 4.92. The van der Waals surface area contributed by atoms with Crippen molar-refractivity contribution in [1.29, 1.82) is 0 Å². The molecule has 0 saturated carbocycles. The minimum absolute atomic E-state index is 0.0373. The first-order valence-corrected chi connectivity index (χ1v) is 8.23. The fourth-order valence-electron chi connectivity index (χ4n) is 2.12. The minimum Gasteiger partial charge on any atom is -0.508 e. The highest BCUT2D eigenvalue weighted by Crippen LogP contribution is 2.15. The van der Waals surface area contributed by atoms with E-state index in [9.17, 15) is 19.5 Å². The fraction of sp³-hybridized carbons (Fsp3) is 0.250. The zero-order valence-corrected chi connectivity index (χ0v) is 14.9. The Balaban J connectivity index is 2.00. The van der Waals surface area contributed by atoms with E-state index in [0.717, 1.165) is 0 Å². The van der Waals surface area contributed by atoms with Gasteiger partial charge in [0, 0.05) is 17.2 Å². The van der Waals surface area contributed by atoms with Gasteiger partial charge in [0.15, 0.2) is 6.10 Å². The second-order valence-corrected chi connectivity index (χ2v) is 6.18. The molecule has 2 aromatic carbocycles. The number of carbonyl (C=O) groups excluding carboxylic acids is 3. The summed E-state index contributed by atoms with van der Waals surface area (Å²) >= 11 is 0. The van der Waals surface area contributed by atoms with Gasteiger partial charge in [-0.05, 0) is 55.5 Å². The number of ether oxygens (including phenoxy) is 1. The molecule has 0 fully saturated rings. The lowest BCUT2D eigenvalue weighted by molar-refractivity contribution is -0.118. The molecule has 0 aromatic heterocycles. The largest absolute Gasteiger partial charge is 0.508 e. The molecule has 6 nitrogen and oxygen atoms in total. The smallest absolute Gasteiger partial charge is 0.338 e. The first-order valence-electron chi connectivity index (χ1n) is 8.23. The van der Waals surface area contributed by atoms with E-state index in [1.165, 1.54) is 31.2 Å². The average Bonchev–Trinajstić information content (AvgIpc) is 2.62. The number of phenols is 1. The van der Waals surface area contributed by atoms with Gasteiger partial charge < -0.3 is 15.2 Å². The highest BCUT2D eigenvalue weighted by Gasteiger charge is 2.20. The van der Waals surface area contributed by atoms with Crippen molar-refractivity contribution in [2.24, 2.45) is 5.92 Å². The van der Waals surface area contributed by atoms with Crippen LogP contribution in [0.3, 0.4) is 0 Å². The molecule has 2 aromatic rings. The average molecular weight is 355 g/mol. The Hall–Kier alpha value is -3.15. The minimum atomic E-state index is -0.965. The van der Waals surface area contributed by atoms with Crippen LogP contribution in [0.5, 0.6) is 5.75 Å². The first-order chi connectivity index (χ1) is 12.3. The molecule has 1 atom stereocenters. The maximum atomic E-state index is 12.4. The van der Waals surface area contributed by atoms with E-state index in [-0.39, 0.29) is 28.9 Å². The summed E-state index contributed by atoms with van der Waals surface area (Å²) in [6.45, 7) is 5.07. The van der Waals surface area contributed by atoms with Crippen LogP contribution in [-0.2, 0) is 9.53 Å². The van der Waals surface area contributed by atoms with E-state index in [0.29, 0.717) is 11.3 Å². The number of rotatable bonds is 6. The van der Waals surface area contributed by atoms with E-state index in [1.54, 1.807) is 38.1 Å². The number of hydrogen-bond acceptors (Lipinski definition) is 5. The molecule has 6 heteroatoms. The fourth-order valence-corrected chi connectivity index (χ4v) is 2.12. The Morgan fingerprint density at radius 1 is 0.885 bits per heavy atom. The molecule has 2 rings (SSSR count). The zero-order valence-electron chi connectivity index (χ0n) is 14.9. The van der Waals surface area contributed by atoms with Crippen molar-refractivity contribution < 1.29 is 24.2 Å². The van der Waals surface area contributed by atoms with Gasteiger partial charge >= 0.3 is 5.97 Å². The summed E-state index contributed by atoms with van der Waals surface area (Å²) < 4.78 is 5.18. The van der Waals surface area contributed by atoms with E-state index in [2.05, 4.69) is 5.32 Å². The van der Waals surface area contributed by atoms with E-state index < -0.39 is 12.1 Å². The van der Waals surface area contributed by atoms with Gasteiger partial charge in [-0.15, -0.1) is 0 Å². The SMILES string of the molecule is CC(C)C(=O)Nc1ccc(C(=O)C(C)OC(=O)c2ccc(O)cc2)cc1. The van der Waals surface area contributed by atoms with Crippen LogP contribution in [0.4, 0.5) is 5.69 Å². The van der Waals surface area contributed by atoms with Gasteiger partial charge in [0.05, 0.1) is 5.56 Å².